The minimum absolute atomic E-state index is 0.0117. The third-order valence-electron chi connectivity index (χ3n) is 11.4. The number of rotatable bonds is 7. The number of urea groups is 1. The van der Waals surface area contributed by atoms with Crippen LogP contribution in [-0.2, 0) is 22.4 Å². The standard InChI is InChI=1S/C37H48ClN7O5/c1-42-12-5-25(6-13-42)26-7-14-43(15-8-26)35(46)33(21-24-19-28-23-39-41-34(28)31(38)20-24)50-37(48)44-16-10-29(11-17-44)45-18-9-27-22-30(49-2)3-4-32(27)40-36(45)47/h3-4,19-20,22-23,25-26,29,33H,5-18,21H2,1-2H3,(H,39,41)(H,40,47)/t33-/m1/s1. The normalized spacial score (nSPS) is 20.7. The summed E-state index contributed by atoms with van der Waals surface area (Å²) in [4.78, 5) is 48.9. The van der Waals surface area contributed by atoms with Crippen molar-refractivity contribution >= 4 is 46.2 Å². The lowest BCUT2D eigenvalue weighted by Gasteiger charge is -2.40. The molecule has 0 saturated carbocycles. The van der Waals surface area contributed by atoms with Gasteiger partial charge in [0.05, 0.1) is 23.8 Å². The van der Waals surface area contributed by atoms with Crippen molar-refractivity contribution in [1.82, 2.24) is 29.8 Å². The first-order valence-electron chi connectivity index (χ1n) is 18.0. The van der Waals surface area contributed by atoms with E-state index in [9.17, 15) is 14.4 Å². The smallest absolute Gasteiger partial charge is 0.410 e. The Kier molecular flexibility index (Phi) is 10.4. The van der Waals surface area contributed by atoms with Crippen molar-refractivity contribution in [2.75, 3.05) is 65.3 Å². The lowest BCUT2D eigenvalue weighted by atomic mass is 9.79. The Hall–Kier alpha value is -4.03. The van der Waals surface area contributed by atoms with Crippen LogP contribution in [0.2, 0.25) is 5.02 Å². The maximum Gasteiger partial charge on any atom is 0.410 e. The molecule has 1 atom stereocenters. The second-order valence-electron chi connectivity index (χ2n) is 14.4. The number of hydrogen-bond donors (Lipinski definition) is 2. The number of amides is 4. The number of nitrogens with one attached hydrogen (secondary N) is 2. The van der Waals surface area contributed by atoms with Crippen molar-refractivity contribution in [1.29, 1.82) is 0 Å². The van der Waals surface area contributed by atoms with Crippen LogP contribution in [0, 0.1) is 11.8 Å². The van der Waals surface area contributed by atoms with Crippen LogP contribution in [-0.4, -0.2) is 120 Å². The van der Waals surface area contributed by atoms with E-state index in [-0.39, 0.29) is 24.4 Å². The summed E-state index contributed by atoms with van der Waals surface area (Å²) in [5.41, 5.74) is 3.38. The molecule has 2 N–H and O–H groups in total. The number of aromatic amines is 1. The molecule has 3 saturated heterocycles. The molecule has 12 nitrogen and oxygen atoms in total. The van der Waals surface area contributed by atoms with Gasteiger partial charge in [0.1, 0.15) is 5.75 Å². The number of carbonyl (C=O) groups excluding carboxylic acids is 3. The maximum atomic E-state index is 14.1. The molecule has 3 fully saturated rings. The number of hydrogen-bond acceptors (Lipinski definition) is 7. The predicted octanol–water partition coefficient (Wildman–Crippen LogP) is 5.41. The zero-order chi connectivity index (χ0) is 34.8. The fourth-order valence-corrected chi connectivity index (χ4v) is 8.63. The summed E-state index contributed by atoms with van der Waals surface area (Å²) < 4.78 is 11.5. The van der Waals surface area contributed by atoms with Gasteiger partial charge in [-0.2, -0.15) is 5.10 Å². The number of carbonyl (C=O) groups is 3. The van der Waals surface area contributed by atoms with Crippen molar-refractivity contribution in [3.63, 3.8) is 0 Å². The van der Waals surface area contributed by atoms with E-state index in [1.54, 1.807) is 18.2 Å². The summed E-state index contributed by atoms with van der Waals surface area (Å²) in [6, 6.07) is 9.31. The van der Waals surface area contributed by atoms with Crippen molar-refractivity contribution in [2.24, 2.45) is 11.8 Å². The van der Waals surface area contributed by atoms with Gasteiger partial charge in [0.15, 0.2) is 6.10 Å². The van der Waals surface area contributed by atoms with E-state index in [4.69, 9.17) is 21.1 Å². The maximum absolute atomic E-state index is 14.1. The van der Waals surface area contributed by atoms with Gasteiger partial charge in [-0.05, 0) is 118 Å². The first-order chi connectivity index (χ1) is 24.2. The molecule has 4 amide bonds. The average Bonchev–Trinajstić information content (AvgIpc) is 3.55. The first-order valence-corrected chi connectivity index (χ1v) is 18.4. The molecule has 13 heteroatoms. The van der Waals surface area contributed by atoms with Gasteiger partial charge >= 0.3 is 12.1 Å². The molecular weight excluding hydrogens is 658 g/mol. The van der Waals surface area contributed by atoms with Crippen LogP contribution in [0.1, 0.15) is 49.7 Å². The van der Waals surface area contributed by atoms with Gasteiger partial charge in [-0.15, -0.1) is 0 Å². The van der Waals surface area contributed by atoms with E-state index < -0.39 is 12.2 Å². The molecule has 7 rings (SSSR count). The Balaban J connectivity index is 0.991. The SMILES string of the molecule is COc1ccc2c(c1)CCN(C1CCN(C(=O)O[C@H](Cc3cc(Cl)c4[nH]ncc4c3)C(=O)N3CCC(C4CCN(C)CC4)CC3)CC1)C(=O)N2. The highest BCUT2D eigenvalue weighted by atomic mass is 35.5. The van der Waals surface area contributed by atoms with E-state index in [1.165, 1.54) is 12.8 Å². The number of nitrogens with zero attached hydrogens (tertiary/aromatic N) is 5. The van der Waals surface area contributed by atoms with Crippen LogP contribution in [0.5, 0.6) is 5.75 Å². The minimum atomic E-state index is -0.979. The van der Waals surface area contributed by atoms with Crippen molar-refractivity contribution in [3.05, 3.63) is 52.7 Å². The second kappa shape index (κ2) is 15.1. The highest BCUT2D eigenvalue weighted by Crippen LogP contribution is 2.33. The first kappa shape index (κ1) is 34.4. The van der Waals surface area contributed by atoms with Crippen molar-refractivity contribution in [2.45, 2.75) is 63.5 Å². The third kappa shape index (κ3) is 7.51. The summed E-state index contributed by atoms with van der Waals surface area (Å²) >= 11 is 6.56. The Morgan fingerprint density at radius 3 is 2.36 bits per heavy atom. The minimum Gasteiger partial charge on any atom is -0.497 e. The molecule has 3 aromatic rings. The number of halogens is 1. The Labute approximate surface area is 298 Å². The zero-order valence-corrected chi connectivity index (χ0v) is 29.8. The molecule has 0 aliphatic carbocycles. The summed E-state index contributed by atoms with van der Waals surface area (Å²) in [6.45, 7) is 5.06. The van der Waals surface area contributed by atoms with E-state index in [0.717, 1.165) is 59.4 Å². The van der Waals surface area contributed by atoms with Crippen LogP contribution in [0.15, 0.2) is 36.5 Å². The number of fused-ring (bicyclic) bond motifs is 2. The highest BCUT2D eigenvalue weighted by Gasteiger charge is 2.37. The van der Waals surface area contributed by atoms with Gasteiger partial charge in [0.25, 0.3) is 5.91 Å². The number of piperidine rings is 3. The molecular formula is C37H48ClN7O5. The van der Waals surface area contributed by atoms with Crippen molar-refractivity contribution in [3.8, 4) is 5.75 Å². The van der Waals surface area contributed by atoms with Crippen molar-refractivity contribution < 1.29 is 23.9 Å². The average molecular weight is 706 g/mol. The monoisotopic (exact) mass is 705 g/mol. The Morgan fingerprint density at radius 2 is 1.64 bits per heavy atom. The molecule has 1 aromatic heterocycles. The third-order valence-corrected chi connectivity index (χ3v) is 11.7. The molecule has 4 aliphatic rings. The van der Waals surface area contributed by atoms with Crippen LogP contribution < -0.4 is 10.1 Å². The number of aromatic nitrogens is 2. The van der Waals surface area contributed by atoms with E-state index in [1.807, 2.05) is 40.1 Å². The number of H-pyrrole nitrogens is 1. The molecule has 0 bridgehead atoms. The van der Waals surface area contributed by atoms with Crippen LogP contribution >= 0.6 is 11.6 Å². The molecule has 5 heterocycles. The van der Waals surface area contributed by atoms with Gasteiger partial charge in [-0.3, -0.25) is 9.89 Å². The number of anilines is 1. The molecule has 2 aromatic carbocycles. The van der Waals surface area contributed by atoms with Gasteiger partial charge in [-0.1, -0.05) is 11.6 Å². The van der Waals surface area contributed by atoms with E-state index in [2.05, 4.69) is 27.5 Å². The number of benzene rings is 2. The van der Waals surface area contributed by atoms with E-state index >= 15 is 0 Å². The van der Waals surface area contributed by atoms with E-state index in [0.29, 0.717) is 68.8 Å². The number of likely N-dealkylation sites (tertiary alicyclic amines) is 3. The largest absolute Gasteiger partial charge is 0.497 e. The fraction of sp³-hybridized carbons (Fsp3) is 0.568. The summed E-state index contributed by atoms with van der Waals surface area (Å²) in [7, 11) is 3.82. The quantitative estimate of drug-likeness (QED) is 0.337. The number of methoxy groups -OCH3 is 1. The fourth-order valence-electron chi connectivity index (χ4n) is 8.34. The van der Waals surface area contributed by atoms with Crippen LogP contribution in [0.25, 0.3) is 10.9 Å². The van der Waals surface area contributed by atoms with Gasteiger partial charge in [0, 0.05) is 56.3 Å². The summed E-state index contributed by atoms with van der Waals surface area (Å²) in [6.07, 6.45) is 6.78. The number of ether oxygens (including phenoxy) is 2. The van der Waals surface area contributed by atoms with Gasteiger partial charge < -0.3 is 34.4 Å². The molecule has 0 unspecified atom stereocenters. The van der Waals surface area contributed by atoms with Gasteiger partial charge in [0.2, 0.25) is 0 Å². The predicted molar refractivity (Wildman–Crippen MR) is 192 cm³/mol. The second-order valence-corrected chi connectivity index (χ2v) is 14.8. The lowest BCUT2D eigenvalue weighted by molar-refractivity contribution is -0.142. The van der Waals surface area contributed by atoms with Crippen LogP contribution in [0.3, 0.4) is 0 Å². The Morgan fingerprint density at radius 1 is 0.940 bits per heavy atom. The molecule has 50 heavy (non-hydrogen) atoms. The highest BCUT2D eigenvalue weighted by molar-refractivity contribution is 6.35. The van der Waals surface area contributed by atoms with Crippen LogP contribution in [0.4, 0.5) is 15.3 Å². The van der Waals surface area contributed by atoms with Gasteiger partial charge in [-0.25, -0.2) is 9.59 Å². The molecule has 0 radical (unpaired) electrons. The molecule has 4 aliphatic heterocycles. The summed E-state index contributed by atoms with van der Waals surface area (Å²) in [5.74, 6) is 1.94. The molecule has 268 valence electrons. The Bertz CT molecular complexity index is 1690. The zero-order valence-electron chi connectivity index (χ0n) is 29.0. The lowest BCUT2D eigenvalue weighted by Crippen LogP contribution is -2.52. The molecule has 0 spiro atoms. The summed E-state index contributed by atoms with van der Waals surface area (Å²) in [5, 5.41) is 11.4. The topological polar surface area (TPSA) is 123 Å².